The number of aryl methyl sites for hydroxylation is 1. The number of hydrogen-bond acceptors (Lipinski definition) is 2. The number of ether oxygens (including phenoxy) is 1. The van der Waals surface area contributed by atoms with Crippen molar-refractivity contribution in [2.45, 2.75) is 58.0 Å². The van der Waals surface area contributed by atoms with Gasteiger partial charge in [0.2, 0.25) is 0 Å². The SMILES string of the molecule is C=C1C[C@@H](O)[C@@]2(C)CC[C@@H]3c4cc(OCC)ccc4CC[C@H]3[C@H]12. The van der Waals surface area contributed by atoms with E-state index in [9.17, 15) is 5.11 Å². The van der Waals surface area contributed by atoms with Crippen LogP contribution in [-0.2, 0) is 6.42 Å². The molecule has 2 nitrogen and oxygen atoms in total. The third kappa shape index (κ3) is 2.18. The third-order valence-corrected chi connectivity index (χ3v) is 6.88. The van der Waals surface area contributed by atoms with Gasteiger partial charge in [0.05, 0.1) is 12.7 Å². The lowest BCUT2D eigenvalue weighted by Crippen LogP contribution is -2.44. The van der Waals surface area contributed by atoms with Gasteiger partial charge < -0.3 is 9.84 Å². The van der Waals surface area contributed by atoms with Gasteiger partial charge in [-0.1, -0.05) is 25.1 Å². The van der Waals surface area contributed by atoms with Crippen molar-refractivity contribution in [1.82, 2.24) is 0 Å². The van der Waals surface area contributed by atoms with Crippen LogP contribution in [0.25, 0.3) is 0 Å². The summed E-state index contributed by atoms with van der Waals surface area (Å²) in [7, 11) is 0. The van der Waals surface area contributed by atoms with E-state index >= 15 is 0 Å². The van der Waals surface area contributed by atoms with Gasteiger partial charge in [-0.3, -0.25) is 0 Å². The first-order chi connectivity index (χ1) is 11.0. The zero-order valence-corrected chi connectivity index (χ0v) is 14.3. The highest BCUT2D eigenvalue weighted by atomic mass is 16.5. The largest absolute Gasteiger partial charge is 0.494 e. The lowest BCUT2D eigenvalue weighted by atomic mass is 9.55. The Balaban J connectivity index is 1.71. The monoisotopic (exact) mass is 312 g/mol. The number of aliphatic hydroxyl groups excluding tert-OH is 1. The normalized spacial score (nSPS) is 38.7. The molecule has 0 bridgehead atoms. The molecule has 0 saturated heterocycles. The Labute approximate surface area is 139 Å². The number of hydrogen-bond donors (Lipinski definition) is 1. The number of aliphatic hydroxyl groups is 1. The van der Waals surface area contributed by atoms with Crippen LogP contribution >= 0.6 is 0 Å². The van der Waals surface area contributed by atoms with E-state index in [4.69, 9.17) is 4.74 Å². The minimum atomic E-state index is -0.197. The van der Waals surface area contributed by atoms with Crippen molar-refractivity contribution in [1.29, 1.82) is 0 Å². The summed E-state index contributed by atoms with van der Waals surface area (Å²) in [4.78, 5) is 0. The average Bonchev–Trinajstić information content (AvgIpc) is 2.77. The minimum Gasteiger partial charge on any atom is -0.494 e. The molecule has 3 aliphatic carbocycles. The summed E-state index contributed by atoms with van der Waals surface area (Å²) in [6, 6.07) is 6.67. The lowest BCUT2D eigenvalue weighted by Gasteiger charge is -2.50. The van der Waals surface area contributed by atoms with Crippen LogP contribution in [0.1, 0.15) is 56.6 Å². The summed E-state index contributed by atoms with van der Waals surface area (Å²) in [5, 5.41) is 10.6. The average molecular weight is 312 g/mol. The van der Waals surface area contributed by atoms with Crippen LogP contribution in [0.15, 0.2) is 30.4 Å². The highest BCUT2D eigenvalue weighted by Crippen LogP contribution is 2.62. The lowest BCUT2D eigenvalue weighted by molar-refractivity contribution is -0.0178. The van der Waals surface area contributed by atoms with E-state index in [1.165, 1.54) is 29.5 Å². The van der Waals surface area contributed by atoms with Crippen molar-refractivity contribution >= 4 is 0 Å². The van der Waals surface area contributed by atoms with E-state index in [-0.39, 0.29) is 11.5 Å². The second-order valence-corrected chi connectivity index (χ2v) is 8.00. The molecule has 0 amide bonds. The fourth-order valence-corrected chi connectivity index (χ4v) is 5.79. The molecule has 2 fully saturated rings. The Morgan fingerprint density at radius 3 is 2.96 bits per heavy atom. The molecule has 4 rings (SSSR count). The fourth-order valence-electron chi connectivity index (χ4n) is 5.79. The van der Waals surface area contributed by atoms with Crippen molar-refractivity contribution in [3.8, 4) is 5.75 Å². The van der Waals surface area contributed by atoms with E-state index in [1.54, 1.807) is 0 Å². The quantitative estimate of drug-likeness (QED) is 0.817. The molecule has 124 valence electrons. The van der Waals surface area contributed by atoms with Crippen molar-refractivity contribution in [2.24, 2.45) is 17.3 Å². The van der Waals surface area contributed by atoms with Gasteiger partial charge in [-0.05, 0) is 80.0 Å². The van der Waals surface area contributed by atoms with Gasteiger partial charge in [0, 0.05) is 5.41 Å². The molecule has 2 saturated carbocycles. The van der Waals surface area contributed by atoms with Crippen molar-refractivity contribution in [3.63, 3.8) is 0 Å². The Morgan fingerprint density at radius 2 is 2.17 bits per heavy atom. The Hall–Kier alpha value is -1.28. The van der Waals surface area contributed by atoms with Gasteiger partial charge in [0.1, 0.15) is 5.75 Å². The van der Waals surface area contributed by atoms with E-state index < -0.39 is 0 Å². The molecule has 0 radical (unpaired) electrons. The van der Waals surface area contributed by atoms with Crippen LogP contribution in [0.4, 0.5) is 0 Å². The number of fused-ring (bicyclic) bond motifs is 5. The summed E-state index contributed by atoms with van der Waals surface area (Å²) in [5.74, 6) is 2.74. The third-order valence-electron chi connectivity index (χ3n) is 6.88. The number of benzene rings is 1. The molecule has 0 aromatic heterocycles. The molecule has 0 spiro atoms. The maximum absolute atomic E-state index is 10.6. The molecular weight excluding hydrogens is 284 g/mol. The molecule has 2 heteroatoms. The van der Waals surface area contributed by atoms with E-state index in [0.29, 0.717) is 17.8 Å². The van der Waals surface area contributed by atoms with Gasteiger partial charge in [-0.15, -0.1) is 0 Å². The highest BCUT2D eigenvalue weighted by molar-refractivity contribution is 5.42. The van der Waals surface area contributed by atoms with Gasteiger partial charge in [-0.25, -0.2) is 0 Å². The van der Waals surface area contributed by atoms with Gasteiger partial charge in [-0.2, -0.15) is 0 Å². The smallest absolute Gasteiger partial charge is 0.119 e. The zero-order valence-electron chi connectivity index (χ0n) is 14.3. The van der Waals surface area contributed by atoms with E-state index in [1.807, 2.05) is 6.92 Å². The Bertz CT molecular complexity index is 635. The maximum atomic E-state index is 10.6. The zero-order chi connectivity index (χ0) is 16.2. The predicted molar refractivity (Wildman–Crippen MR) is 92.8 cm³/mol. The minimum absolute atomic E-state index is 0.0489. The summed E-state index contributed by atoms with van der Waals surface area (Å²) < 4.78 is 5.74. The second kappa shape index (κ2) is 5.37. The first-order valence-corrected chi connectivity index (χ1v) is 9.16. The van der Waals surface area contributed by atoms with Crippen molar-refractivity contribution in [2.75, 3.05) is 6.61 Å². The van der Waals surface area contributed by atoms with Crippen LogP contribution < -0.4 is 4.74 Å². The van der Waals surface area contributed by atoms with Gasteiger partial charge in [0.25, 0.3) is 0 Å². The molecule has 23 heavy (non-hydrogen) atoms. The van der Waals surface area contributed by atoms with E-state index in [2.05, 4.69) is 31.7 Å². The molecule has 3 aliphatic rings. The first kappa shape index (κ1) is 15.3. The second-order valence-electron chi connectivity index (χ2n) is 8.00. The Morgan fingerprint density at radius 1 is 1.35 bits per heavy atom. The molecule has 0 unspecified atom stereocenters. The highest BCUT2D eigenvalue weighted by Gasteiger charge is 2.56. The summed E-state index contributed by atoms with van der Waals surface area (Å²) in [6.45, 7) is 9.40. The summed E-state index contributed by atoms with van der Waals surface area (Å²) in [6.07, 6.45) is 5.28. The topological polar surface area (TPSA) is 29.5 Å². The van der Waals surface area contributed by atoms with Crippen LogP contribution in [0.2, 0.25) is 0 Å². The summed E-state index contributed by atoms with van der Waals surface area (Å²) >= 11 is 0. The Kier molecular flexibility index (Phi) is 3.57. The van der Waals surface area contributed by atoms with Crippen LogP contribution in [0, 0.1) is 17.3 Å². The van der Waals surface area contributed by atoms with E-state index in [0.717, 1.165) is 31.6 Å². The maximum Gasteiger partial charge on any atom is 0.119 e. The van der Waals surface area contributed by atoms with Crippen LogP contribution in [-0.4, -0.2) is 17.8 Å². The van der Waals surface area contributed by atoms with Gasteiger partial charge in [0.15, 0.2) is 0 Å². The molecule has 0 aliphatic heterocycles. The fraction of sp³-hybridized carbons (Fsp3) is 0.619. The first-order valence-electron chi connectivity index (χ1n) is 9.16. The van der Waals surface area contributed by atoms with Crippen molar-refractivity contribution < 1.29 is 9.84 Å². The van der Waals surface area contributed by atoms with Crippen LogP contribution in [0.3, 0.4) is 0 Å². The number of rotatable bonds is 2. The summed E-state index contributed by atoms with van der Waals surface area (Å²) in [5.41, 5.74) is 4.35. The molecular formula is C21H28O2. The molecule has 5 atom stereocenters. The molecule has 1 N–H and O–H groups in total. The predicted octanol–water partition coefficient (Wildman–Crippen LogP) is 4.47. The van der Waals surface area contributed by atoms with Crippen LogP contribution in [0.5, 0.6) is 5.75 Å². The molecule has 0 heterocycles. The van der Waals surface area contributed by atoms with Gasteiger partial charge >= 0.3 is 0 Å². The molecule has 1 aromatic rings. The standard InChI is InChI=1S/C21H28O2/c1-4-23-15-7-5-14-6-8-17-16(18(14)12-15)9-10-21(3)19(22)11-13(2)20(17)21/h5,7,12,16-17,19-20,22H,2,4,6,8-11H2,1,3H3/t16-,17+,19+,20-,21+/m0/s1. The van der Waals surface area contributed by atoms with Crippen molar-refractivity contribution in [3.05, 3.63) is 41.5 Å². The molecule has 1 aromatic carbocycles.